The number of para-hydroxylation sites is 2. The molecule has 0 amide bonds. The molecule has 11 heteroatoms. The summed E-state index contributed by atoms with van der Waals surface area (Å²) in [7, 11) is 1.69. The topological polar surface area (TPSA) is 95.9 Å². The van der Waals surface area contributed by atoms with Gasteiger partial charge in [-0.05, 0) is 72.2 Å². The van der Waals surface area contributed by atoms with Gasteiger partial charge < -0.3 is 14.5 Å². The Bertz CT molecular complexity index is 2380. The van der Waals surface area contributed by atoms with E-state index in [1.807, 2.05) is 44.4 Å². The molecule has 3 heterocycles. The van der Waals surface area contributed by atoms with Gasteiger partial charge in [0.2, 0.25) is 0 Å². The lowest BCUT2D eigenvalue weighted by atomic mass is 9.84. The summed E-state index contributed by atoms with van der Waals surface area (Å²) in [5.74, 6) is 0.534. The fraction of sp³-hybridized carbons (Fsp3) is 0.171. The molecule has 52 heavy (non-hydrogen) atoms. The number of methoxy groups -OCH3 is 1. The molecule has 1 aliphatic heterocycles. The van der Waals surface area contributed by atoms with Gasteiger partial charge in [0.15, 0.2) is 0 Å². The van der Waals surface area contributed by atoms with Crippen molar-refractivity contribution < 1.29 is 17.7 Å². The predicted octanol–water partition coefficient (Wildman–Crippen LogP) is 9.74. The first kappa shape index (κ1) is 35.3. The Morgan fingerprint density at radius 3 is 1.96 bits per heavy atom. The summed E-state index contributed by atoms with van der Waals surface area (Å²) in [6, 6.07) is 31.1. The second-order valence-corrected chi connectivity index (χ2v) is 15.9. The van der Waals surface area contributed by atoms with Crippen molar-refractivity contribution in [3.05, 3.63) is 135 Å². The smallest absolute Gasteiger partial charge is 0.264 e. The first-order valence-electron chi connectivity index (χ1n) is 16.8. The summed E-state index contributed by atoms with van der Waals surface area (Å²) in [6.45, 7) is 0.467. The van der Waals surface area contributed by atoms with Gasteiger partial charge in [0.05, 0.1) is 24.6 Å². The van der Waals surface area contributed by atoms with Crippen LogP contribution in [0.3, 0.4) is 0 Å². The molecule has 1 aliphatic rings. The van der Waals surface area contributed by atoms with Crippen molar-refractivity contribution in [3.8, 4) is 5.75 Å². The molecular weight excluding hydrogens is 709 g/mol. The van der Waals surface area contributed by atoms with E-state index in [1.54, 1.807) is 18.4 Å². The lowest BCUT2D eigenvalue weighted by Gasteiger charge is -2.37. The van der Waals surface area contributed by atoms with E-state index in [0.717, 1.165) is 71.4 Å². The van der Waals surface area contributed by atoms with Gasteiger partial charge in [-0.25, -0.2) is 0 Å². The Morgan fingerprint density at radius 1 is 0.788 bits per heavy atom. The van der Waals surface area contributed by atoms with Gasteiger partial charge >= 0.3 is 0 Å². The molecule has 0 saturated carbocycles. The predicted molar refractivity (Wildman–Crippen MR) is 219 cm³/mol. The molecule has 6 aromatic rings. The second kappa shape index (κ2) is 15.3. The summed E-state index contributed by atoms with van der Waals surface area (Å²) < 4.78 is 47.2. The summed E-state index contributed by atoms with van der Waals surface area (Å²) >= 11 is 2.92. The largest absolute Gasteiger partial charge is 0.496 e. The standard InChI is InChI=1S/C41H38N4O4S3/c1-44(2)31-19-15-28(39(27-31)49-3)16-20-32-22-23-33(50-32)21-17-29-13-14-30(41-40(29)42-51-43-41)18-24-34-35-9-4-6-11-37(35)45(25-8-26-52(46,47)48)38-12-7-5-10-36(34)38/h4-7,9-24,27,34H,8,25-26H2,1-3H3,(H,46,47,48)/b20-16+,21-17+,24-18+. The zero-order valence-electron chi connectivity index (χ0n) is 29.0. The summed E-state index contributed by atoms with van der Waals surface area (Å²) in [4.78, 5) is 6.49. The Hall–Kier alpha value is -5.07. The third-order valence-corrected chi connectivity index (χ3v) is 11.4. The van der Waals surface area contributed by atoms with Crippen LogP contribution >= 0.6 is 23.1 Å². The summed E-state index contributed by atoms with van der Waals surface area (Å²) in [5, 5.41) is 0. The monoisotopic (exact) mass is 746 g/mol. The highest BCUT2D eigenvalue weighted by Gasteiger charge is 2.28. The van der Waals surface area contributed by atoms with Gasteiger partial charge in [-0.1, -0.05) is 66.8 Å². The molecule has 0 atom stereocenters. The molecule has 4 aromatic carbocycles. The molecule has 0 fully saturated rings. The highest BCUT2D eigenvalue weighted by molar-refractivity contribution is 7.85. The van der Waals surface area contributed by atoms with Crippen LogP contribution in [0.5, 0.6) is 5.75 Å². The maximum Gasteiger partial charge on any atom is 0.264 e. The average molecular weight is 747 g/mol. The molecule has 0 radical (unpaired) electrons. The quantitative estimate of drug-likeness (QED) is 0.124. The molecule has 8 nitrogen and oxygen atoms in total. The van der Waals surface area contributed by atoms with Gasteiger partial charge in [-0.15, -0.1) is 11.3 Å². The van der Waals surface area contributed by atoms with Crippen LogP contribution in [-0.2, 0) is 10.1 Å². The number of hydrogen-bond donors (Lipinski definition) is 1. The molecule has 1 N–H and O–H groups in total. The van der Waals surface area contributed by atoms with Crippen LogP contribution in [0, 0.1) is 0 Å². The molecule has 7 rings (SSSR count). The number of rotatable bonds is 12. The van der Waals surface area contributed by atoms with Crippen LogP contribution in [0.4, 0.5) is 17.1 Å². The van der Waals surface area contributed by atoms with Crippen molar-refractivity contribution in [1.82, 2.24) is 8.75 Å². The highest BCUT2D eigenvalue weighted by Crippen LogP contribution is 2.46. The van der Waals surface area contributed by atoms with Crippen LogP contribution in [0.15, 0.2) is 97.1 Å². The lowest BCUT2D eigenvalue weighted by Crippen LogP contribution is -2.27. The van der Waals surface area contributed by atoms with Crippen LogP contribution in [0.2, 0.25) is 0 Å². The first-order chi connectivity index (χ1) is 25.2. The number of aromatic nitrogens is 2. The first-order valence-corrected chi connectivity index (χ1v) is 20.0. The average Bonchev–Trinajstić information content (AvgIpc) is 3.83. The number of benzene rings is 4. The maximum absolute atomic E-state index is 11.4. The number of ether oxygens (including phenoxy) is 1. The molecule has 0 spiro atoms. The normalized spacial score (nSPS) is 13.4. The second-order valence-electron chi connectivity index (χ2n) is 12.7. The minimum absolute atomic E-state index is 0.0213. The van der Waals surface area contributed by atoms with Gasteiger partial charge in [0.1, 0.15) is 16.8 Å². The third kappa shape index (κ3) is 7.73. The summed E-state index contributed by atoms with van der Waals surface area (Å²) in [5.41, 5.74) is 10.1. The third-order valence-electron chi connectivity index (χ3n) is 9.09. The van der Waals surface area contributed by atoms with E-state index in [-0.39, 0.29) is 11.7 Å². The minimum atomic E-state index is -4.04. The SMILES string of the molecule is COc1cc(N(C)C)ccc1/C=C/c1ccc(/C=C/c2ccc(/C=C/C3c4ccccc4N(CCCS(=O)(=O)O)c4ccccc43)c3nsnc23)s1. The minimum Gasteiger partial charge on any atom is -0.496 e. The summed E-state index contributed by atoms with van der Waals surface area (Å²) in [6.07, 6.45) is 13.1. The van der Waals surface area contributed by atoms with Gasteiger partial charge in [0, 0.05) is 76.1 Å². The van der Waals surface area contributed by atoms with Gasteiger partial charge in [0.25, 0.3) is 10.1 Å². The Kier molecular flexibility index (Phi) is 10.4. The van der Waals surface area contributed by atoms with Crippen molar-refractivity contribution in [1.29, 1.82) is 0 Å². The van der Waals surface area contributed by atoms with E-state index in [0.29, 0.717) is 13.0 Å². The molecule has 2 aromatic heterocycles. The number of allylic oxidation sites excluding steroid dienone is 1. The van der Waals surface area contributed by atoms with Crippen molar-refractivity contribution in [2.75, 3.05) is 43.3 Å². The van der Waals surface area contributed by atoms with Crippen molar-refractivity contribution in [2.45, 2.75) is 12.3 Å². The van der Waals surface area contributed by atoms with E-state index in [4.69, 9.17) is 4.74 Å². The van der Waals surface area contributed by atoms with Gasteiger partial charge in [-0.3, -0.25) is 4.55 Å². The van der Waals surface area contributed by atoms with E-state index >= 15 is 0 Å². The maximum atomic E-state index is 11.4. The van der Waals surface area contributed by atoms with Crippen molar-refractivity contribution >= 4 is 91.7 Å². The van der Waals surface area contributed by atoms with Crippen LogP contribution in [0.1, 0.15) is 49.9 Å². The molecule has 0 saturated heterocycles. The van der Waals surface area contributed by atoms with Crippen LogP contribution in [-0.4, -0.2) is 55.2 Å². The van der Waals surface area contributed by atoms with Crippen molar-refractivity contribution in [2.24, 2.45) is 0 Å². The molecule has 264 valence electrons. The number of nitrogens with zero attached hydrogens (tertiary/aromatic N) is 4. The molecule has 0 aliphatic carbocycles. The fourth-order valence-corrected chi connectivity index (χ4v) is 8.42. The Morgan fingerprint density at radius 2 is 1.37 bits per heavy atom. The van der Waals surface area contributed by atoms with Crippen LogP contribution in [0.25, 0.3) is 41.4 Å². The van der Waals surface area contributed by atoms with Gasteiger partial charge in [-0.2, -0.15) is 17.2 Å². The number of thiophene rings is 1. The highest BCUT2D eigenvalue weighted by atomic mass is 32.2. The molecule has 0 bridgehead atoms. The van der Waals surface area contributed by atoms with E-state index < -0.39 is 10.1 Å². The lowest BCUT2D eigenvalue weighted by molar-refractivity contribution is 0.414. The number of hydrogen-bond acceptors (Lipinski definition) is 9. The van der Waals surface area contributed by atoms with Crippen molar-refractivity contribution in [3.63, 3.8) is 0 Å². The van der Waals surface area contributed by atoms with E-state index in [2.05, 4.69) is 116 Å². The molecular formula is C41H38N4O4S3. The number of anilines is 3. The Balaban J connectivity index is 1.11. The number of fused-ring (bicyclic) bond motifs is 3. The Labute approximate surface area is 312 Å². The zero-order valence-corrected chi connectivity index (χ0v) is 31.5. The van der Waals surface area contributed by atoms with E-state index in [9.17, 15) is 13.0 Å². The zero-order chi connectivity index (χ0) is 36.2. The molecule has 0 unspecified atom stereocenters. The van der Waals surface area contributed by atoms with E-state index in [1.165, 1.54) is 11.7 Å². The fourth-order valence-electron chi connectivity index (χ4n) is 6.52. The van der Waals surface area contributed by atoms with Crippen LogP contribution < -0.4 is 14.5 Å².